The summed E-state index contributed by atoms with van der Waals surface area (Å²) in [5, 5.41) is 6.56. The standard InChI is InChI=1S/C18H24N4O2S/c1-13-21-15(12-25-13)11-22(3)18(19-2)20-10-14-5-6-16-17(9-14)24-8-4-7-23-16/h5-6,9,12H,4,7-8,10-11H2,1-3H3,(H,19,20). The highest BCUT2D eigenvalue weighted by Gasteiger charge is 2.12. The lowest BCUT2D eigenvalue weighted by Crippen LogP contribution is -2.38. The van der Waals surface area contributed by atoms with Gasteiger partial charge in [-0.1, -0.05) is 6.07 Å². The van der Waals surface area contributed by atoms with E-state index < -0.39 is 0 Å². The molecule has 1 aromatic heterocycles. The van der Waals surface area contributed by atoms with Gasteiger partial charge in [-0.3, -0.25) is 4.99 Å². The molecule has 134 valence electrons. The number of hydrogen-bond donors (Lipinski definition) is 1. The third-order valence-corrected chi connectivity index (χ3v) is 4.72. The predicted octanol–water partition coefficient (Wildman–Crippen LogP) is 2.82. The van der Waals surface area contributed by atoms with E-state index in [0.717, 1.165) is 46.7 Å². The number of nitrogens with zero attached hydrogens (tertiary/aromatic N) is 3. The highest BCUT2D eigenvalue weighted by atomic mass is 32.1. The largest absolute Gasteiger partial charge is 0.490 e. The predicted molar refractivity (Wildman–Crippen MR) is 101 cm³/mol. The minimum atomic E-state index is 0.670. The van der Waals surface area contributed by atoms with Crippen molar-refractivity contribution in [3.8, 4) is 11.5 Å². The zero-order valence-corrected chi connectivity index (χ0v) is 15.7. The van der Waals surface area contributed by atoms with Crippen LogP contribution in [0.25, 0.3) is 0 Å². The Balaban J connectivity index is 1.60. The Bertz CT molecular complexity index is 744. The number of aliphatic imine (C=N–C) groups is 1. The molecule has 1 N–H and O–H groups in total. The van der Waals surface area contributed by atoms with Crippen molar-refractivity contribution >= 4 is 17.3 Å². The summed E-state index contributed by atoms with van der Waals surface area (Å²) in [7, 11) is 3.80. The Hall–Kier alpha value is -2.28. The first-order valence-corrected chi connectivity index (χ1v) is 9.25. The molecule has 0 unspecified atom stereocenters. The molecular formula is C18H24N4O2S. The molecule has 0 fully saturated rings. The summed E-state index contributed by atoms with van der Waals surface area (Å²) in [4.78, 5) is 10.9. The lowest BCUT2D eigenvalue weighted by molar-refractivity contribution is 0.297. The Morgan fingerprint density at radius 2 is 2.12 bits per heavy atom. The quantitative estimate of drug-likeness (QED) is 0.671. The summed E-state index contributed by atoms with van der Waals surface area (Å²) >= 11 is 1.67. The summed E-state index contributed by atoms with van der Waals surface area (Å²) in [6.45, 7) is 4.82. The van der Waals surface area contributed by atoms with E-state index in [1.807, 2.05) is 26.1 Å². The van der Waals surface area contributed by atoms with Crippen LogP contribution in [0.2, 0.25) is 0 Å². The summed E-state index contributed by atoms with van der Waals surface area (Å²) in [6.07, 6.45) is 0.912. The van der Waals surface area contributed by atoms with Gasteiger partial charge in [-0.2, -0.15) is 0 Å². The molecule has 6 nitrogen and oxygen atoms in total. The molecule has 3 rings (SSSR count). The second-order valence-corrected chi connectivity index (χ2v) is 7.01. The van der Waals surface area contributed by atoms with Crippen LogP contribution < -0.4 is 14.8 Å². The maximum absolute atomic E-state index is 5.75. The van der Waals surface area contributed by atoms with Crippen LogP contribution in [-0.4, -0.2) is 43.2 Å². The summed E-state index contributed by atoms with van der Waals surface area (Å²) < 4.78 is 11.4. The first kappa shape index (κ1) is 17.5. The number of guanidine groups is 1. The average molecular weight is 360 g/mol. The average Bonchev–Trinajstić information content (AvgIpc) is 2.87. The van der Waals surface area contributed by atoms with Crippen LogP contribution in [0.15, 0.2) is 28.6 Å². The van der Waals surface area contributed by atoms with Gasteiger partial charge in [-0.25, -0.2) is 4.98 Å². The molecule has 25 heavy (non-hydrogen) atoms. The van der Waals surface area contributed by atoms with Crippen molar-refractivity contribution in [2.24, 2.45) is 4.99 Å². The van der Waals surface area contributed by atoms with Crippen molar-refractivity contribution in [3.63, 3.8) is 0 Å². The minimum Gasteiger partial charge on any atom is -0.490 e. The number of nitrogens with one attached hydrogen (secondary N) is 1. The van der Waals surface area contributed by atoms with Crippen molar-refractivity contribution in [2.45, 2.75) is 26.4 Å². The maximum atomic E-state index is 5.75. The van der Waals surface area contributed by atoms with Crippen LogP contribution >= 0.6 is 11.3 Å². The van der Waals surface area contributed by atoms with Gasteiger partial charge in [-0.05, 0) is 24.6 Å². The minimum absolute atomic E-state index is 0.670. The van der Waals surface area contributed by atoms with Crippen LogP contribution in [0, 0.1) is 6.92 Å². The molecule has 0 amide bonds. The number of hydrogen-bond acceptors (Lipinski definition) is 5. The maximum Gasteiger partial charge on any atom is 0.194 e. The van der Waals surface area contributed by atoms with Gasteiger partial charge in [0.25, 0.3) is 0 Å². The van der Waals surface area contributed by atoms with E-state index in [9.17, 15) is 0 Å². The van der Waals surface area contributed by atoms with Crippen LogP contribution in [0.1, 0.15) is 22.7 Å². The van der Waals surface area contributed by atoms with Crippen LogP contribution in [-0.2, 0) is 13.1 Å². The fourth-order valence-corrected chi connectivity index (χ4v) is 3.29. The Morgan fingerprint density at radius 3 is 2.84 bits per heavy atom. The van der Waals surface area contributed by atoms with Gasteiger partial charge >= 0.3 is 0 Å². The van der Waals surface area contributed by atoms with Crippen molar-refractivity contribution in [1.82, 2.24) is 15.2 Å². The number of rotatable bonds is 4. The first-order chi connectivity index (χ1) is 12.2. The van der Waals surface area contributed by atoms with Crippen molar-refractivity contribution in [3.05, 3.63) is 39.8 Å². The fraction of sp³-hybridized carbons (Fsp3) is 0.444. The van der Waals surface area contributed by atoms with E-state index in [1.165, 1.54) is 0 Å². The number of ether oxygens (including phenoxy) is 2. The van der Waals surface area contributed by atoms with E-state index in [2.05, 4.69) is 31.6 Å². The molecule has 0 saturated heterocycles. The highest BCUT2D eigenvalue weighted by molar-refractivity contribution is 7.09. The summed E-state index contributed by atoms with van der Waals surface area (Å²) in [5.74, 6) is 2.47. The fourth-order valence-electron chi connectivity index (χ4n) is 2.68. The molecule has 1 aliphatic rings. The molecule has 2 aromatic rings. The van der Waals surface area contributed by atoms with Gasteiger partial charge in [-0.15, -0.1) is 11.3 Å². The second kappa shape index (κ2) is 8.20. The smallest absolute Gasteiger partial charge is 0.194 e. The van der Waals surface area contributed by atoms with Crippen LogP contribution in [0.3, 0.4) is 0 Å². The molecule has 0 bridgehead atoms. The molecule has 0 aliphatic carbocycles. The van der Waals surface area contributed by atoms with E-state index in [-0.39, 0.29) is 0 Å². The number of benzene rings is 1. The molecule has 1 aliphatic heterocycles. The Kier molecular flexibility index (Phi) is 5.75. The molecule has 0 radical (unpaired) electrons. The monoisotopic (exact) mass is 360 g/mol. The topological polar surface area (TPSA) is 59.0 Å². The molecule has 7 heteroatoms. The van der Waals surface area contributed by atoms with E-state index in [0.29, 0.717) is 19.8 Å². The number of aryl methyl sites for hydroxylation is 1. The number of aromatic nitrogens is 1. The van der Waals surface area contributed by atoms with Gasteiger partial charge in [0.1, 0.15) is 0 Å². The van der Waals surface area contributed by atoms with Gasteiger partial charge < -0.3 is 19.7 Å². The molecule has 2 heterocycles. The van der Waals surface area contributed by atoms with Gasteiger partial charge in [0, 0.05) is 32.4 Å². The normalized spacial score (nSPS) is 14.1. The lowest BCUT2D eigenvalue weighted by atomic mass is 10.2. The summed E-state index contributed by atoms with van der Waals surface area (Å²) in [6, 6.07) is 6.06. The second-order valence-electron chi connectivity index (χ2n) is 5.95. The van der Waals surface area contributed by atoms with Crippen LogP contribution in [0.4, 0.5) is 0 Å². The van der Waals surface area contributed by atoms with Crippen LogP contribution in [0.5, 0.6) is 11.5 Å². The Morgan fingerprint density at radius 1 is 1.32 bits per heavy atom. The third-order valence-electron chi connectivity index (χ3n) is 3.90. The number of fused-ring (bicyclic) bond motifs is 1. The Labute approximate surface area is 152 Å². The molecule has 0 atom stereocenters. The van der Waals surface area contributed by atoms with Gasteiger partial charge in [0.05, 0.1) is 30.5 Å². The van der Waals surface area contributed by atoms with E-state index >= 15 is 0 Å². The van der Waals surface area contributed by atoms with E-state index in [4.69, 9.17) is 9.47 Å². The third kappa shape index (κ3) is 4.63. The zero-order chi connectivity index (χ0) is 17.6. The highest BCUT2D eigenvalue weighted by Crippen LogP contribution is 2.30. The zero-order valence-electron chi connectivity index (χ0n) is 14.9. The SMILES string of the molecule is CN=C(NCc1ccc2c(c1)OCCCO2)N(C)Cc1csc(C)n1. The lowest BCUT2D eigenvalue weighted by Gasteiger charge is -2.21. The number of thiazole rings is 1. The van der Waals surface area contributed by atoms with Gasteiger partial charge in [0.2, 0.25) is 0 Å². The molecule has 0 spiro atoms. The molecule has 0 saturated carbocycles. The molecule has 1 aromatic carbocycles. The van der Waals surface area contributed by atoms with Crippen molar-refractivity contribution < 1.29 is 9.47 Å². The van der Waals surface area contributed by atoms with E-state index in [1.54, 1.807) is 18.4 Å². The summed E-state index contributed by atoms with van der Waals surface area (Å²) in [5.41, 5.74) is 2.19. The van der Waals surface area contributed by atoms with Gasteiger partial charge in [0.15, 0.2) is 17.5 Å². The van der Waals surface area contributed by atoms with Crippen molar-refractivity contribution in [2.75, 3.05) is 27.3 Å². The van der Waals surface area contributed by atoms with Crippen molar-refractivity contribution in [1.29, 1.82) is 0 Å². The first-order valence-electron chi connectivity index (χ1n) is 8.37. The molecular weight excluding hydrogens is 336 g/mol.